The van der Waals surface area contributed by atoms with E-state index in [1.54, 1.807) is 12.1 Å². The molecule has 1 aliphatic heterocycles. The van der Waals surface area contributed by atoms with E-state index < -0.39 is 0 Å². The number of aromatic nitrogens is 2. The van der Waals surface area contributed by atoms with Crippen molar-refractivity contribution in [2.45, 2.75) is 6.42 Å². The van der Waals surface area contributed by atoms with Gasteiger partial charge in [-0.1, -0.05) is 6.07 Å². The number of ether oxygens (including phenoxy) is 2. The monoisotopic (exact) mass is 289 g/mol. The Bertz CT molecular complexity index is 632. The Labute approximate surface area is 123 Å². The van der Waals surface area contributed by atoms with Crippen LogP contribution in [0.2, 0.25) is 0 Å². The minimum absolute atomic E-state index is 0.338. The summed E-state index contributed by atoms with van der Waals surface area (Å²) >= 11 is 0. The molecule has 2 aromatic rings. The van der Waals surface area contributed by atoms with Crippen LogP contribution in [-0.2, 0) is 15.9 Å². The molecule has 1 aliphatic rings. The molecule has 6 nitrogen and oxygen atoms in total. The van der Waals surface area contributed by atoms with E-state index in [9.17, 15) is 4.79 Å². The summed E-state index contributed by atoms with van der Waals surface area (Å²) in [7, 11) is 1.38. The molecular formula is C15H19N3O3. The van der Waals surface area contributed by atoms with Crippen molar-refractivity contribution in [2.75, 3.05) is 40.0 Å². The molecule has 0 unspecified atom stereocenters. The molecule has 1 aromatic heterocycles. The first-order valence-corrected chi connectivity index (χ1v) is 7.13. The van der Waals surface area contributed by atoms with Gasteiger partial charge in [0.2, 0.25) is 0 Å². The average Bonchev–Trinajstić information content (AvgIpc) is 2.95. The van der Waals surface area contributed by atoms with E-state index in [0.29, 0.717) is 5.56 Å². The number of rotatable bonds is 4. The van der Waals surface area contributed by atoms with E-state index in [1.807, 2.05) is 6.07 Å². The number of nitrogens with zero attached hydrogens (tertiary/aromatic N) is 2. The normalized spacial score (nSPS) is 16.2. The highest BCUT2D eigenvalue weighted by molar-refractivity contribution is 5.94. The molecule has 0 aliphatic carbocycles. The fourth-order valence-corrected chi connectivity index (χ4v) is 2.60. The summed E-state index contributed by atoms with van der Waals surface area (Å²) < 4.78 is 10.1. The van der Waals surface area contributed by atoms with Gasteiger partial charge >= 0.3 is 5.97 Å². The SMILES string of the molecule is COC(=O)c1ccc2c(CCN3CCOCC3)[nH]nc2c1. The molecule has 21 heavy (non-hydrogen) atoms. The number of methoxy groups -OCH3 is 1. The highest BCUT2D eigenvalue weighted by atomic mass is 16.5. The lowest BCUT2D eigenvalue weighted by molar-refractivity contribution is 0.0384. The predicted octanol–water partition coefficient (Wildman–Crippen LogP) is 1.22. The van der Waals surface area contributed by atoms with Gasteiger partial charge in [-0.05, 0) is 12.1 Å². The number of fused-ring (bicyclic) bond motifs is 1. The van der Waals surface area contributed by atoms with Crippen LogP contribution in [0.15, 0.2) is 18.2 Å². The Morgan fingerprint density at radius 2 is 2.24 bits per heavy atom. The van der Waals surface area contributed by atoms with Crippen LogP contribution in [0.4, 0.5) is 0 Å². The first kappa shape index (κ1) is 14.0. The maximum absolute atomic E-state index is 11.5. The highest BCUT2D eigenvalue weighted by Crippen LogP contribution is 2.19. The van der Waals surface area contributed by atoms with Crippen molar-refractivity contribution >= 4 is 16.9 Å². The number of carbonyl (C=O) groups excluding carboxylic acids is 1. The van der Waals surface area contributed by atoms with Gasteiger partial charge in [0.25, 0.3) is 0 Å². The second-order valence-electron chi connectivity index (χ2n) is 5.13. The van der Waals surface area contributed by atoms with Crippen LogP contribution in [0.25, 0.3) is 10.9 Å². The number of aromatic amines is 1. The largest absolute Gasteiger partial charge is 0.465 e. The molecular weight excluding hydrogens is 270 g/mol. The van der Waals surface area contributed by atoms with Crippen LogP contribution in [-0.4, -0.2) is 61.0 Å². The molecule has 1 aromatic carbocycles. The van der Waals surface area contributed by atoms with Gasteiger partial charge < -0.3 is 9.47 Å². The molecule has 0 amide bonds. The predicted molar refractivity (Wildman–Crippen MR) is 78.4 cm³/mol. The van der Waals surface area contributed by atoms with Crippen molar-refractivity contribution in [2.24, 2.45) is 0 Å². The number of carbonyl (C=O) groups is 1. The summed E-state index contributed by atoms with van der Waals surface area (Å²) in [6.07, 6.45) is 0.911. The highest BCUT2D eigenvalue weighted by Gasteiger charge is 2.13. The van der Waals surface area contributed by atoms with Gasteiger partial charge in [-0.25, -0.2) is 4.79 Å². The van der Waals surface area contributed by atoms with Crippen molar-refractivity contribution in [1.82, 2.24) is 15.1 Å². The van der Waals surface area contributed by atoms with Gasteiger partial charge in [-0.3, -0.25) is 10.00 Å². The first-order valence-electron chi connectivity index (χ1n) is 7.13. The van der Waals surface area contributed by atoms with E-state index in [-0.39, 0.29) is 5.97 Å². The van der Waals surface area contributed by atoms with Crippen LogP contribution in [0.1, 0.15) is 16.1 Å². The van der Waals surface area contributed by atoms with Crippen LogP contribution >= 0.6 is 0 Å². The molecule has 0 atom stereocenters. The third-order valence-electron chi connectivity index (χ3n) is 3.84. The Kier molecular flexibility index (Phi) is 4.17. The summed E-state index contributed by atoms with van der Waals surface area (Å²) in [6, 6.07) is 5.47. The Morgan fingerprint density at radius 1 is 1.43 bits per heavy atom. The topological polar surface area (TPSA) is 67.4 Å². The molecule has 1 N–H and O–H groups in total. The summed E-state index contributed by atoms with van der Waals surface area (Å²) in [5.74, 6) is -0.338. The quantitative estimate of drug-likeness (QED) is 0.857. The second kappa shape index (κ2) is 6.24. The lowest BCUT2D eigenvalue weighted by atomic mass is 10.1. The number of nitrogens with one attached hydrogen (secondary N) is 1. The van der Waals surface area contributed by atoms with Gasteiger partial charge in [0.05, 0.1) is 31.4 Å². The van der Waals surface area contributed by atoms with Crippen LogP contribution in [0.5, 0.6) is 0 Å². The van der Waals surface area contributed by atoms with E-state index >= 15 is 0 Å². The minimum atomic E-state index is -0.338. The Balaban J connectivity index is 1.72. The van der Waals surface area contributed by atoms with E-state index in [2.05, 4.69) is 15.1 Å². The summed E-state index contributed by atoms with van der Waals surface area (Å²) in [5, 5.41) is 8.43. The van der Waals surface area contributed by atoms with Gasteiger partial charge in [-0.2, -0.15) is 5.10 Å². The fourth-order valence-electron chi connectivity index (χ4n) is 2.60. The summed E-state index contributed by atoms with van der Waals surface area (Å²) in [6.45, 7) is 4.58. The van der Waals surface area contributed by atoms with Gasteiger partial charge in [0, 0.05) is 37.1 Å². The standard InChI is InChI=1S/C15H19N3O3/c1-20-15(19)11-2-3-12-13(16-17-14(12)10-11)4-5-18-6-8-21-9-7-18/h2-3,10H,4-9H2,1H3,(H,16,17). The number of hydrogen-bond donors (Lipinski definition) is 1. The zero-order valence-electron chi connectivity index (χ0n) is 12.1. The van der Waals surface area contributed by atoms with Crippen LogP contribution < -0.4 is 0 Å². The van der Waals surface area contributed by atoms with Crippen molar-refractivity contribution < 1.29 is 14.3 Å². The molecule has 1 fully saturated rings. The zero-order chi connectivity index (χ0) is 14.7. The molecule has 0 radical (unpaired) electrons. The van der Waals surface area contributed by atoms with Crippen LogP contribution in [0, 0.1) is 0 Å². The van der Waals surface area contributed by atoms with E-state index in [4.69, 9.17) is 9.47 Å². The molecule has 2 heterocycles. The molecule has 3 rings (SSSR count). The smallest absolute Gasteiger partial charge is 0.337 e. The van der Waals surface area contributed by atoms with Gasteiger partial charge in [0.15, 0.2) is 0 Å². The number of esters is 1. The van der Waals surface area contributed by atoms with Crippen molar-refractivity contribution in [3.63, 3.8) is 0 Å². The maximum atomic E-state index is 11.5. The lowest BCUT2D eigenvalue weighted by Gasteiger charge is -2.26. The maximum Gasteiger partial charge on any atom is 0.337 e. The Morgan fingerprint density at radius 3 is 3.00 bits per heavy atom. The number of hydrogen-bond acceptors (Lipinski definition) is 5. The minimum Gasteiger partial charge on any atom is -0.465 e. The van der Waals surface area contributed by atoms with Crippen molar-refractivity contribution in [3.8, 4) is 0 Å². The number of morpholine rings is 1. The van der Waals surface area contributed by atoms with Crippen molar-refractivity contribution in [1.29, 1.82) is 0 Å². The van der Waals surface area contributed by atoms with Crippen molar-refractivity contribution in [3.05, 3.63) is 29.5 Å². The number of benzene rings is 1. The van der Waals surface area contributed by atoms with Gasteiger partial charge in [0.1, 0.15) is 0 Å². The third kappa shape index (κ3) is 3.06. The van der Waals surface area contributed by atoms with E-state index in [0.717, 1.165) is 55.9 Å². The zero-order valence-corrected chi connectivity index (χ0v) is 12.1. The molecule has 0 bridgehead atoms. The molecule has 0 saturated carbocycles. The fraction of sp³-hybridized carbons (Fsp3) is 0.467. The molecule has 1 saturated heterocycles. The summed E-state index contributed by atoms with van der Waals surface area (Å²) in [5.41, 5.74) is 2.43. The molecule has 0 spiro atoms. The Hall–Kier alpha value is -1.92. The second-order valence-corrected chi connectivity index (χ2v) is 5.13. The summed E-state index contributed by atoms with van der Waals surface area (Å²) in [4.78, 5) is 13.9. The van der Waals surface area contributed by atoms with E-state index in [1.165, 1.54) is 7.11 Å². The molecule has 112 valence electrons. The first-order chi connectivity index (χ1) is 10.3. The molecule has 6 heteroatoms. The number of H-pyrrole nitrogens is 1. The average molecular weight is 289 g/mol. The third-order valence-corrected chi connectivity index (χ3v) is 3.84. The van der Waals surface area contributed by atoms with Crippen LogP contribution in [0.3, 0.4) is 0 Å². The van der Waals surface area contributed by atoms with Gasteiger partial charge in [-0.15, -0.1) is 0 Å². The lowest BCUT2D eigenvalue weighted by Crippen LogP contribution is -2.37.